The molecule has 0 unspecified atom stereocenters. The van der Waals surface area contributed by atoms with Crippen LogP contribution in [0.5, 0.6) is 0 Å². The van der Waals surface area contributed by atoms with E-state index in [0.29, 0.717) is 23.9 Å². The van der Waals surface area contributed by atoms with E-state index in [1.807, 2.05) is 4.90 Å². The van der Waals surface area contributed by atoms with E-state index >= 15 is 0 Å². The molecule has 3 rings (SSSR count). The predicted molar refractivity (Wildman–Crippen MR) is 94.3 cm³/mol. The molecule has 1 aromatic rings. The molecule has 5 heteroatoms. The lowest BCUT2D eigenvalue weighted by Gasteiger charge is -2.42. The van der Waals surface area contributed by atoms with Crippen LogP contribution in [0.3, 0.4) is 0 Å². The summed E-state index contributed by atoms with van der Waals surface area (Å²) in [5.74, 6) is -0.188. The van der Waals surface area contributed by atoms with Crippen molar-refractivity contribution >= 4 is 5.91 Å². The Kier molecular flexibility index (Phi) is 6.05. The summed E-state index contributed by atoms with van der Waals surface area (Å²) in [5.41, 5.74) is 0.619. The largest absolute Gasteiger partial charge is 0.343 e. The number of rotatable bonds is 4. The highest BCUT2D eigenvalue weighted by molar-refractivity contribution is 5.73. The number of aryl methyl sites for hydroxylation is 1. The third-order valence-electron chi connectivity index (χ3n) is 5.81. The van der Waals surface area contributed by atoms with Gasteiger partial charge in [0.05, 0.1) is 0 Å². The van der Waals surface area contributed by atoms with E-state index in [9.17, 15) is 13.6 Å². The minimum absolute atomic E-state index is 0.177. The number of amides is 1. The maximum Gasteiger partial charge on any atom is 0.219 e. The van der Waals surface area contributed by atoms with E-state index < -0.39 is 11.6 Å². The number of carbonyl (C=O) groups excluding carboxylic acids is 1. The fourth-order valence-corrected chi connectivity index (χ4v) is 4.29. The number of carbonyl (C=O) groups is 1. The highest BCUT2D eigenvalue weighted by Crippen LogP contribution is 2.27. The van der Waals surface area contributed by atoms with Crippen molar-refractivity contribution in [1.29, 1.82) is 0 Å². The van der Waals surface area contributed by atoms with Crippen molar-refractivity contribution in [1.82, 2.24) is 9.80 Å². The lowest BCUT2D eigenvalue weighted by molar-refractivity contribution is -0.130. The predicted octanol–water partition coefficient (Wildman–Crippen LogP) is 3.62. The SMILES string of the molecule is CC(=O)N1CCC(N2CCC[C@H](CCc3ccc(F)cc3F)C2)CC1. The Morgan fingerprint density at radius 2 is 1.92 bits per heavy atom. The van der Waals surface area contributed by atoms with Crippen LogP contribution < -0.4 is 0 Å². The first-order chi connectivity index (χ1) is 12.0. The van der Waals surface area contributed by atoms with Gasteiger partial charge in [0, 0.05) is 38.7 Å². The quantitative estimate of drug-likeness (QED) is 0.828. The molecule has 2 aliphatic heterocycles. The van der Waals surface area contributed by atoms with Gasteiger partial charge in [-0.3, -0.25) is 9.69 Å². The van der Waals surface area contributed by atoms with Gasteiger partial charge in [-0.05, 0) is 62.6 Å². The highest BCUT2D eigenvalue weighted by atomic mass is 19.1. The van der Waals surface area contributed by atoms with Crippen LogP contribution in [0.2, 0.25) is 0 Å². The van der Waals surface area contributed by atoms with Gasteiger partial charge < -0.3 is 4.90 Å². The molecule has 1 amide bonds. The smallest absolute Gasteiger partial charge is 0.219 e. The normalized spacial score (nSPS) is 23.0. The summed E-state index contributed by atoms with van der Waals surface area (Å²) in [4.78, 5) is 16.0. The van der Waals surface area contributed by atoms with E-state index in [4.69, 9.17) is 0 Å². The monoisotopic (exact) mass is 350 g/mol. The second-order valence-electron chi connectivity index (χ2n) is 7.51. The first kappa shape index (κ1) is 18.3. The van der Waals surface area contributed by atoms with Gasteiger partial charge in [-0.15, -0.1) is 0 Å². The van der Waals surface area contributed by atoms with Crippen LogP contribution >= 0.6 is 0 Å². The van der Waals surface area contributed by atoms with Gasteiger partial charge in [0.1, 0.15) is 11.6 Å². The minimum atomic E-state index is -0.512. The summed E-state index contributed by atoms with van der Waals surface area (Å²) in [7, 11) is 0. The molecule has 1 aromatic carbocycles. The molecule has 0 bridgehead atoms. The summed E-state index contributed by atoms with van der Waals surface area (Å²) in [6.07, 6.45) is 6.10. The topological polar surface area (TPSA) is 23.6 Å². The van der Waals surface area contributed by atoms with Crippen LogP contribution in [0.15, 0.2) is 18.2 Å². The summed E-state index contributed by atoms with van der Waals surface area (Å²) >= 11 is 0. The highest BCUT2D eigenvalue weighted by Gasteiger charge is 2.29. The average molecular weight is 350 g/mol. The average Bonchev–Trinajstić information content (AvgIpc) is 2.61. The van der Waals surface area contributed by atoms with Crippen molar-refractivity contribution in [3.63, 3.8) is 0 Å². The summed E-state index contributed by atoms with van der Waals surface area (Å²) in [6.45, 7) is 5.56. The Balaban J connectivity index is 1.49. The second kappa shape index (κ2) is 8.26. The third kappa shape index (κ3) is 4.78. The van der Waals surface area contributed by atoms with Crippen LogP contribution in [-0.2, 0) is 11.2 Å². The Morgan fingerprint density at radius 3 is 2.60 bits per heavy atom. The first-order valence-electron chi connectivity index (χ1n) is 9.46. The molecule has 0 N–H and O–H groups in total. The molecule has 0 radical (unpaired) electrons. The van der Waals surface area contributed by atoms with Gasteiger partial charge in [-0.25, -0.2) is 8.78 Å². The van der Waals surface area contributed by atoms with Crippen molar-refractivity contribution in [2.24, 2.45) is 5.92 Å². The molecule has 138 valence electrons. The molecular weight excluding hydrogens is 322 g/mol. The number of nitrogens with zero attached hydrogens (tertiary/aromatic N) is 2. The molecular formula is C20H28F2N2O. The number of hydrogen-bond acceptors (Lipinski definition) is 2. The molecule has 2 fully saturated rings. The molecule has 2 heterocycles. The molecule has 2 aliphatic rings. The second-order valence-corrected chi connectivity index (χ2v) is 7.51. The van der Waals surface area contributed by atoms with Gasteiger partial charge in [-0.1, -0.05) is 6.07 Å². The van der Waals surface area contributed by atoms with Crippen LogP contribution in [0.1, 0.15) is 44.6 Å². The molecule has 3 nitrogen and oxygen atoms in total. The van der Waals surface area contributed by atoms with E-state index in [1.165, 1.54) is 18.9 Å². The maximum absolute atomic E-state index is 13.8. The van der Waals surface area contributed by atoms with E-state index in [2.05, 4.69) is 4.90 Å². The third-order valence-corrected chi connectivity index (χ3v) is 5.81. The number of likely N-dealkylation sites (tertiary alicyclic amines) is 2. The zero-order chi connectivity index (χ0) is 17.8. The zero-order valence-corrected chi connectivity index (χ0v) is 15.0. The Morgan fingerprint density at radius 1 is 1.16 bits per heavy atom. The van der Waals surface area contributed by atoms with Crippen molar-refractivity contribution in [2.45, 2.75) is 51.5 Å². The first-order valence-corrected chi connectivity index (χ1v) is 9.46. The fourth-order valence-electron chi connectivity index (χ4n) is 4.29. The van der Waals surface area contributed by atoms with Crippen molar-refractivity contribution in [3.05, 3.63) is 35.4 Å². The molecule has 0 aromatic heterocycles. The Bertz CT molecular complexity index is 599. The molecule has 0 spiro atoms. The number of piperidine rings is 2. The van der Waals surface area contributed by atoms with E-state index in [1.54, 1.807) is 13.0 Å². The Hall–Kier alpha value is -1.49. The molecule has 2 saturated heterocycles. The Labute approximate surface area is 149 Å². The van der Waals surface area contributed by atoms with Gasteiger partial charge in [0.2, 0.25) is 5.91 Å². The lowest BCUT2D eigenvalue weighted by atomic mass is 9.89. The molecule has 0 saturated carbocycles. The summed E-state index contributed by atoms with van der Waals surface area (Å²) < 4.78 is 26.8. The van der Waals surface area contributed by atoms with Gasteiger partial charge >= 0.3 is 0 Å². The summed E-state index contributed by atoms with van der Waals surface area (Å²) in [5, 5.41) is 0. The van der Waals surface area contributed by atoms with Crippen LogP contribution in [0, 0.1) is 17.6 Å². The van der Waals surface area contributed by atoms with E-state index in [-0.39, 0.29) is 5.91 Å². The van der Waals surface area contributed by atoms with Crippen LogP contribution in [0.25, 0.3) is 0 Å². The van der Waals surface area contributed by atoms with Gasteiger partial charge in [0.15, 0.2) is 0 Å². The zero-order valence-electron chi connectivity index (χ0n) is 15.0. The van der Waals surface area contributed by atoms with Crippen molar-refractivity contribution in [3.8, 4) is 0 Å². The molecule has 1 atom stereocenters. The molecule has 0 aliphatic carbocycles. The fraction of sp³-hybridized carbons (Fsp3) is 0.650. The van der Waals surface area contributed by atoms with Crippen LogP contribution in [0.4, 0.5) is 8.78 Å². The lowest BCUT2D eigenvalue weighted by Crippen LogP contribution is -2.49. The standard InChI is InChI=1S/C20H28F2N2O/c1-15(25)23-11-8-19(9-12-23)24-10-2-3-16(14-24)4-5-17-6-7-18(21)13-20(17)22/h6-7,13,16,19H,2-5,8-12,14H2,1H3/t16-/m1/s1. The van der Waals surface area contributed by atoms with Gasteiger partial charge in [-0.2, -0.15) is 0 Å². The van der Waals surface area contributed by atoms with Crippen LogP contribution in [-0.4, -0.2) is 47.9 Å². The summed E-state index contributed by atoms with van der Waals surface area (Å²) in [6, 6.07) is 4.46. The van der Waals surface area contributed by atoms with Gasteiger partial charge in [0.25, 0.3) is 0 Å². The van der Waals surface area contributed by atoms with E-state index in [0.717, 1.165) is 51.5 Å². The number of hydrogen-bond donors (Lipinski definition) is 0. The molecule has 25 heavy (non-hydrogen) atoms. The van der Waals surface area contributed by atoms with Crippen molar-refractivity contribution in [2.75, 3.05) is 26.2 Å². The number of halogens is 2. The number of benzene rings is 1. The minimum Gasteiger partial charge on any atom is -0.343 e. The maximum atomic E-state index is 13.8. The van der Waals surface area contributed by atoms with Crippen molar-refractivity contribution < 1.29 is 13.6 Å².